The molecule has 4 rings (SSSR count). The maximum Gasteiger partial charge on any atom is 0.305 e. The molecule has 190 valence electrons. The number of nitrogens with zero attached hydrogens (tertiary/aromatic N) is 3. The molecule has 0 bridgehead atoms. The van der Waals surface area contributed by atoms with Crippen molar-refractivity contribution in [2.75, 3.05) is 19.6 Å². The Morgan fingerprint density at radius 3 is 2.67 bits per heavy atom. The number of aromatic amines is 1. The normalized spacial score (nSPS) is 19.7. The number of rotatable bonds is 7. The Kier molecular flexibility index (Phi) is 7.29. The molecule has 2 fully saturated rings. The average molecular weight is 498 g/mol. The number of hydrogen-bond acceptors (Lipinski definition) is 7. The highest BCUT2D eigenvalue weighted by molar-refractivity contribution is 5.98. The van der Waals surface area contributed by atoms with Gasteiger partial charge in [-0.2, -0.15) is 0 Å². The fourth-order valence-corrected chi connectivity index (χ4v) is 4.40. The molecule has 0 unspecified atom stereocenters. The van der Waals surface area contributed by atoms with Gasteiger partial charge in [-0.25, -0.2) is 10.0 Å². The number of carboxylic acids is 1. The lowest BCUT2D eigenvalue weighted by Gasteiger charge is -2.45. The quantitative estimate of drug-likeness (QED) is 0.367. The summed E-state index contributed by atoms with van der Waals surface area (Å²) in [5, 5.41) is 15.7. The van der Waals surface area contributed by atoms with Crippen LogP contribution in [0.25, 0.3) is 10.9 Å². The van der Waals surface area contributed by atoms with E-state index in [0.717, 1.165) is 15.9 Å². The predicted molar refractivity (Wildman–Crippen MR) is 124 cm³/mol. The number of carbonyl (C=O) groups excluding carboxylic acids is 5. The summed E-state index contributed by atoms with van der Waals surface area (Å²) >= 11 is 0. The fourth-order valence-electron chi connectivity index (χ4n) is 4.40. The van der Waals surface area contributed by atoms with Crippen LogP contribution >= 0.6 is 0 Å². The molecule has 2 saturated heterocycles. The van der Waals surface area contributed by atoms with Crippen molar-refractivity contribution in [2.45, 2.75) is 37.8 Å². The summed E-state index contributed by atoms with van der Waals surface area (Å²) in [6.45, 7) is 0.0251. The maximum absolute atomic E-state index is 13.3. The second-order valence-corrected chi connectivity index (χ2v) is 8.64. The largest absolute Gasteiger partial charge is 0.481 e. The van der Waals surface area contributed by atoms with E-state index in [4.69, 9.17) is 5.11 Å². The highest BCUT2D eigenvalue weighted by Crippen LogP contribution is 2.22. The first-order valence-corrected chi connectivity index (χ1v) is 11.5. The first kappa shape index (κ1) is 24.9. The summed E-state index contributed by atoms with van der Waals surface area (Å²) in [5.41, 5.74) is 3.71. The van der Waals surface area contributed by atoms with Gasteiger partial charge in [0.25, 0.3) is 11.8 Å². The molecule has 1 aromatic carbocycles. The molecule has 4 amide bonds. The number of carboxylic acid groups (broad SMARTS) is 1. The van der Waals surface area contributed by atoms with Gasteiger partial charge in [0.2, 0.25) is 11.8 Å². The molecule has 2 atom stereocenters. The average Bonchev–Trinajstić information content (AvgIpc) is 3.29. The van der Waals surface area contributed by atoms with Gasteiger partial charge in [0.05, 0.1) is 19.0 Å². The minimum Gasteiger partial charge on any atom is -0.481 e. The fraction of sp³-hybridized carbons (Fsp3) is 0.391. The number of hydrogen-bond donors (Lipinski definition) is 4. The van der Waals surface area contributed by atoms with E-state index >= 15 is 0 Å². The van der Waals surface area contributed by atoms with E-state index in [0.29, 0.717) is 12.7 Å². The van der Waals surface area contributed by atoms with Crippen LogP contribution in [0.4, 0.5) is 0 Å². The molecule has 0 radical (unpaired) electrons. The third-order valence-corrected chi connectivity index (χ3v) is 6.09. The Bertz CT molecular complexity index is 1180. The van der Waals surface area contributed by atoms with E-state index < -0.39 is 48.1 Å². The van der Waals surface area contributed by atoms with E-state index in [9.17, 15) is 28.8 Å². The van der Waals surface area contributed by atoms with E-state index in [1.54, 1.807) is 6.07 Å². The number of nitrogens with one attached hydrogen (secondary N) is 3. The van der Waals surface area contributed by atoms with Crippen LogP contribution in [0.2, 0.25) is 0 Å². The lowest BCUT2D eigenvalue weighted by Crippen LogP contribution is -2.66. The molecule has 2 aliphatic heterocycles. The van der Waals surface area contributed by atoms with Crippen molar-refractivity contribution in [2.24, 2.45) is 0 Å². The Balaban J connectivity index is 1.49. The number of aromatic nitrogens is 1. The number of amides is 4. The summed E-state index contributed by atoms with van der Waals surface area (Å²) in [6.07, 6.45) is 0.363. The summed E-state index contributed by atoms with van der Waals surface area (Å²) in [7, 11) is 0. The molecular formula is C23H26N6O7. The number of H-pyrrole nitrogens is 1. The van der Waals surface area contributed by atoms with Crippen LogP contribution in [0, 0.1) is 0 Å². The zero-order valence-electron chi connectivity index (χ0n) is 19.3. The van der Waals surface area contributed by atoms with Crippen molar-refractivity contribution in [1.29, 1.82) is 0 Å². The molecule has 1 aromatic heterocycles. The monoisotopic (exact) mass is 498 g/mol. The van der Waals surface area contributed by atoms with Crippen LogP contribution in [-0.2, 0) is 24.0 Å². The van der Waals surface area contributed by atoms with Crippen LogP contribution in [0.1, 0.15) is 36.2 Å². The summed E-state index contributed by atoms with van der Waals surface area (Å²) in [4.78, 5) is 77.0. The van der Waals surface area contributed by atoms with Gasteiger partial charge in [0.15, 0.2) is 0 Å². The van der Waals surface area contributed by atoms with Crippen LogP contribution in [0.3, 0.4) is 0 Å². The number of para-hydroxylation sites is 1. The molecule has 3 heterocycles. The topological polar surface area (TPSA) is 172 Å². The van der Waals surface area contributed by atoms with E-state index in [-0.39, 0.29) is 38.2 Å². The second kappa shape index (κ2) is 10.6. The minimum absolute atomic E-state index is 0.0128. The summed E-state index contributed by atoms with van der Waals surface area (Å²) < 4.78 is 0. The molecule has 0 saturated carbocycles. The molecule has 0 aliphatic carbocycles. The van der Waals surface area contributed by atoms with Gasteiger partial charge in [-0.05, 0) is 25.0 Å². The molecule has 4 N–H and O–H groups in total. The van der Waals surface area contributed by atoms with E-state index in [2.05, 4.69) is 15.7 Å². The van der Waals surface area contributed by atoms with Gasteiger partial charge >= 0.3 is 5.97 Å². The zero-order valence-corrected chi connectivity index (χ0v) is 19.3. The molecule has 13 heteroatoms. The van der Waals surface area contributed by atoms with Crippen molar-refractivity contribution in [3.63, 3.8) is 0 Å². The van der Waals surface area contributed by atoms with Crippen molar-refractivity contribution in [3.8, 4) is 0 Å². The summed E-state index contributed by atoms with van der Waals surface area (Å²) in [5.74, 6) is -3.48. The highest BCUT2D eigenvalue weighted by atomic mass is 16.4. The number of benzene rings is 1. The number of fused-ring (bicyclic) bond motifs is 2. The first-order valence-electron chi connectivity index (χ1n) is 11.5. The van der Waals surface area contributed by atoms with Gasteiger partial charge in [0, 0.05) is 30.4 Å². The first-order chi connectivity index (χ1) is 17.3. The molecule has 0 spiro atoms. The highest BCUT2D eigenvalue weighted by Gasteiger charge is 2.41. The van der Waals surface area contributed by atoms with Crippen LogP contribution in [0.5, 0.6) is 0 Å². The number of hydrazine groups is 2. The molecular weight excluding hydrogens is 472 g/mol. The van der Waals surface area contributed by atoms with E-state index in [1.165, 1.54) is 10.0 Å². The Labute approximate surface area is 205 Å². The molecule has 2 aliphatic rings. The predicted octanol–water partition coefficient (Wildman–Crippen LogP) is -0.589. The van der Waals surface area contributed by atoms with Gasteiger partial charge in [-0.15, -0.1) is 0 Å². The molecule has 36 heavy (non-hydrogen) atoms. The third kappa shape index (κ3) is 5.35. The standard InChI is InChI=1S/C23H26N6O7/c30-13-15(11-21(33)34)24-23(36)18-6-3-8-28-19(31)7-9-27(12-20(32)29(18)28)26-22(35)17-10-14-4-1-2-5-16(14)25-17/h1-2,4-5,10,13,15,18,25H,3,6-9,11-12H2,(H,24,36)(H,26,35)(H,33,34)/t15-,18-/m0/s1. The summed E-state index contributed by atoms with van der Waals surface area (Å²) in [6, 6.07) is 6.66. The number of carbonyl (C=O) groups is 6. The maximum atomic E-state index is 13.3. The minimum atomic E-state index is -1.27. The van der Waals surface area contributed by atoms with E-state index in [1.807, 2.05) is 24.3 Å². The lowest BCUT2D eigenvalue weighted by atomic mass is 10.0. The Morgan fingerprint density at radius 2 is 1.94 bits per heavy atom. The number of aldehydes is 1. The Morgan fingerprint density at radius 1 is 1.17 bits per heavy atom. The van der Waals surface area contributed by atoms with Crippen LogP contribution < -0.4 is 10.7 Å². The van der Waals surface area contributed by atoms with Crippen molar-refractivity contribution < 1.29 is 33.9 Å². The van der Waals surface area contributed by atoms with Crippen molar-refractivity contribution in [3.05, 3.63) is 36.0 Å². The third-order valence-electron chi connectivity index (χ3n) is 6.09. The van der Waals surface area contributed by atoms with Crippen molar-refractivity contribution >= 4 is 46.8 Å². The molecule has 2 aromatic rings. The van der Waals surface area contributed by atoms with Gasteiger partial charge in [0.1, 0.15) is 18.0 Å². The molecule has 13 nitrogen and oxygen atoms in total. The SMILES string of the molecule is O=C[C@H](CC(=O)O)NC(=O)[C@@H]1CCCN2C(=O)CCN(NC(=O)c3cc4ccccc4[nH]3)CC(=O)N12. The zero-order chi connectivity index (χ0) is 25.8. The smallest absolute Gasteiger partial charge is 0.305 e. The Hall–Kier alpha value is -4.26. The van der Waals surface area contributed by atoms with Gasteiger partial charge in [-0.3, -0.25) is 34.4 Å². The van der Waals surface area contributed by atoms with Gasteiger partial charge in [-0.1, -0.05) is 18.2 Å². The van der Waals surface area contributed by atoms with Crippen LogP contribution in [0.15, 0.2) is 30.3 Å². The van der Waals surface area contributed by atoms with Crippen LogP contribution in [-0.4, -0.2) is 92.7 Å². The lowest BCUT2D eigenvalue weighted by molar-refractivity contribution is -0.181. The number of aliphatic carboxylic acids is 1. The van der Waals surface area contributed by atoms with Crippen molar-refractivity contribution in [1.82, 2.24) is 30.8 Å². The second-order valence-electron chi connectivity index (χ2n) is 8.64. The van der Waals surface area contributed by atoms with Gasteiger partial charge < -0.3 is 20.2 Å².